The van der Waals surface area contributed by atoms with Gasteiger partial charge in [-0.3, -0.25) is 4.79 Å². The van der Waals surface area contributed by atoms with Crippen molar-refractivity contribution in [3.63, 3.8) is 0 Å². The number of para-hydroxylation sites is 1. The van der Waals surface area contributed by atoms with Crippen molar-refractivity contribution in [3.05, 3.63) is 59.1 Å². The highest BCUT2D eigenvalue weighted by atomic mass is 32.2. The third kappa shape index (κ3) is 6.27. The number of sulfone groups is 1. The highest BCUT2D eigenvalue weighted by molar-refractivity contribution is 7.90. The molecular weight excluding hydrogens is 484 g/mol. The summed E-state index contributed by atoms with van der Waals surface area (Å²) < 4.78 is 26.9. The Bertz CT molecular complexity index is 1290. The minimum atomic E-state index is -3.59. The molecule has 0 spiro atoms. The molecule has 7 nitrogen and oxygen atoms in total. The molecule has 0 aliphatic carbocycles. The Morgan fingerprint density at radius 2 is 1.83 bits per heavy atom. The molecule has 1 fully saturated rings. The molecule has 3 aromatic rings. The van der Waals surface area contributed by atoms with Crippen LogP contribution in [0.25, 0.3) is 10.2 Å². The minimum Gasteiger partial charge on any atom is -0.390 e. The Morgan fingerprint density at radius 3 is 2.49 bits per heavy atom. The maximum absolute atomic E-state index is 13.0. The number of hydrogen-bond donors (Lipinski definition) is 2. The first-order valence-corrected chi connectivity index (χ1v) is 14.4. The monoisotopic (exact) mass is 516 g/mol. The molecule has 0 atom stereocenters. The van der Waals surface area contributed by atoms with E-state index in [1.807, 2.05) is 6.07 Å². The lowest BCUT2D eigenvalue weighted by atomic mass is 9.85. The molecule has 0 saturated carbocycles. The number of rotatable bonds is 8. The van der Waals surface area contributed by atoms with Gasteiger partial charge in [-0.05, 0) is 75.8 Å². The number of amides is 1. The summed E-state index contributed by atoms with van der Waals surface area (Å²) in [5.74, 6) is -0.287. The second kappa shape index (κ2) is 9.97. The van der Waals surface area contributed by atoms with Crippen LogP contribution in [0.5, 0.6) is 0 Å². The number of nitrogens with zero attached hydrogens (tertiary/aromatic N) is 2. The van der Waals surface area contributed by atoms with Crippen LogP contribution in [0.4, 0.5) is 0 Å². The van der Waals surface area contributed by atoms with Gasteiger partial charge in [0.15, 0.2) is 9.84 Å². The first-order chi connectivity index (χ1) is 16.5. The smallest absolute Gasteiger partial charge is 0.253 e. The lowest BCUT2D eigenvalue weighted by molar-refractivity contribution is -0.0291. The van der Waals surface area contributed by atoms with Gasteiger partial charge in [0.2, 0.25) is 0 Å². The Labute approximate surface area is 210 Å². The van der Waals surface area contributed by atoms with Crippen molar-refractivity contribution in [1.82, 2.24) is 9.88 Å². The van der Waals surface area contributed by atoms with Crippen LogP contribution in [0.15, 0.2) is 52.9 Å². The van der Waals surface area contributed by atoms with Crippen LogP contribution in [0.2, 0.25) is 0 Å². The Balaban J connectivity index is 1.36. The lowest BCUT2D eigenvalue weighted by Crippen LogP contribution is -2.46. The van der Waals surface area contributed by atoms with Crippen LogP contribution in [0.3, 0.4) is 0 Å². The SMILES string of the molecule is CC(C)(O)CCCC1(O)CCN(C(=O)c2ccc(CS(=O)(=O)c3cccc4scnc34)cc2)CC1. The molecule has 4 rings (SSSR count). The van der Waals surface area contributed by atoms with Crippen molar-refractivity contribution >= 4 is 37.3 Å². The van der Waals surface area contributed by atoms with Crippen molar-refractivity contribution in [3.8, 4) is 0 Å². The van der Waals surface area contributed by atoms with E-state index >= 15 is 0 Å². The average Bonchev–Trinajstić information content (AvgIpc) is 3.27. The zero-order valence-electron chi connectivity index (χ0n) is 20.1. The average molecular weight is 517 g/mol. The first-order valence-electron chi connectivity index (χ1n) is 11.8. The molecule has 2 aromatic carbocycles. The molecule has 1 aromatic heterocycles. The molecule has 1 aliphatic heterocycles. The zero-order chi connectivity index (χ0) is 25.3. The summed E-state index contributed by atoms with van der Waals surface area (Å²) in [7, 11) is -3.59. The largest absolute Gasteiger partial charge is 0.390 e. The minimum absolute atomic E-state index is 0.120. The number of hydrogen-bond acceptors (Lipinski definition) is 7. The van der Waals surface area contributed by atoms with Crippen molar-refractivity contribution in [1.29, 1.82) is 0 Å². The van der Waals surface area contributed by atoms with E-state index in [0.29, 0.717) is 55.4 Å². The van der Waals surface area contributed by atoms with Gasteiger partial charge < -0.3 is 15.1 Å². The van der Waals surface area contributed by atoms with E-state index in [4.69, 9.17) is 0 Å². The summed E-state index contributed by atoms with van der Waals surface area (Å²) in [5, 5.41) is 20.7. The van der Waals surface area contributed by atoms with Gasteiger partial charge in [-0.15, -0.1) is 11.3 Å². The van der Waals surface area contributed by atoms with Gasteiger partial charge >= 0.3 is 0 Å². The van der Waals surface area contributed by atoms with E-state index in [1.165, 1.54) is 11.3 Å². The zero-order valence-corrected chi connectivity index (χ0v) is 21.7. The number of likely N-dealkylation sites (tertiary alicyclic amines) is 1. The van der Waals surface area contributed by atoms with Crippen LogP contribution in [-0.4, -0.2) is 58.7 Å². The second-order valence-corrected chi connectivity index (χ2v) is 12.9. The molecule has 188 valence electrons. The van der Waals surface area contributed by atoms with Gasteiger partial charge in [0.1, 0.15) is 0 Å². The maximum atomic E-state index is 13.0. The number of benzene rings is 2. The fraction of sp³-hybridized carbons (Fsp3) is 0.462. The standard InChI is InChI=1S/C26H32N2O5S2/c1-25(2,30)11-4-12-26(31)13-15-28(16-14-26)24(29)20-9-7-19(8-10-20)17-35(32,33)22-6-3-5-21-23(22)27-18-34-21/h3,5-10,18,30-31H,4,11-17H2,1-2H3. The summed E-state index contributed by atoms with van der Waals surface area (Å²) in [6, 6.07) is 11.9. The second-order valence-electron chi connectivity index (χ2n) is 10.1. The number of aromatic nitrogens is 1. The molecule has 1 saturated heterocycles. The van der Waals surface area contributed by atoms with Crippen molar-refractivity contribution in [2.24, 2.45) is 0 Å². The lowest BCUT2D eigenvalue weighted by Gasteiger charge is -2.38. The van der Waals surface area contributed by atoms with Crippen molar-refractivity contribution in [2.45, 2.75) is 67.8 Å². The van der Waals surface area contributed by atoms with E-state index in [9.17, 15) is 23.4 Å². The van der Waals surface area contributed by atoms with E-state index in [-0.39, 0.29) is 16.6 Å². The van der Waals surface area contributed by atoms with Crippen molar-refractivity contribution in [2.75, 3.05) is 13.1 Å². The molecular formula is C26H32N2O5S2. The number of carbonyl (C=O) groups is 1. The molecule has 9 heteroatoms. The summed E-state index contributed by atoms with van der Waals surface area (Å²) in [4.78, 5) is 19.1. The maximum Gasteiger partial charge on any atom is 0.253 e. The fourth-order valence-corrected chi connectivity index (χ4v) is 6.86. The molecule has 0 unspecified atom stereocenters. The first kappa shape index (κ1) is 25.8. The molecule has 2 heterocycles. The summed E-state index contributed by atoms with van der Waals surface area (Å²) >= 11 is 1.40. The van der Waals surface area contributed by atoms with Gasteiger partial charge in [-0.1, -0.05) is 18.2 Å². The van der Waals surface area contributed by atoms with Crippen LogP contribution >= 0.6 is 11.3 Å². The molecule has 1 amide bonds. The van der Waals surface area contributed by atoms with Crippen LogP contribution in [0.1, 0.15) is 61.9 Å². The Hall–Kier alpha value is -2.33. The van der Waals surface area contributed by atoms with Crippen LogP contribution < -0.4 is 0 Å². The van der Waals surface area contributed by atoms with E-state index in [0.717, 1.165) is 11.1 Å². The topological polar surface area (TPSA) is 108 Å². The summed E-state index contributed by atoms with van der Waals surface area (Å²) in [6.07, 6.45) is 2.97. The normalized spacial score (nSPS) is 16.5. The van der Waals surface area contributed by atoms with Gasteiger partial charge in [0.25, 0.3) is 5.91 Å². The number of fused-ring (bicyclic) bond motifs is 1. The third-order valence-corrected chi connectivity index (χ3v) is 9.14. The van der Waals surface area contributed by atoms with Gasteiger partial charge in [-0.2, -0.15) is 0 Å². The van der Waals surface area contributed by atoms with E-state index < -0.39 is 21.0 Å². The Kier molecular flexibility index (Phi) is 7.33. The van der Waals surface area contributed by atoms with Gasteiger partial charge in [0.05, 0.1) is 37.6 Å². The van der Waals surface area contributed by atoms with Crippen LogP contribution in [-0.2, 0) is 15.6 Å². The molecule has 1 aliphatic rings. The molecule has 0 bridgehead atoms. The molecule has 2 N–H and O–H groups in total. The van der Waals surface area contributed by atoms with E-state index in [1.54, 1.807) is 60.7 Å². The number of thiazole rings is 1. The quantitative estimate of drug-likeness (QED) is 0.465. The molecule has 0 radical (unpaired) electrons. The van der Waals surface area contributed by atoms with Gasteiger partial charge in [-0.25, -0.2) is 13.4 Å². The number of piperidine rings is 1. The number of aliphatic hydroxyl groups is 2. The fourth-order valence-electron chi connectivity index (χ4n) is 4.56. The van der Waals surface area contributed by atoms with Crippen LogP contribution in [0, 0.1) is 0 Å². The highest BCUT2D eigenvalue weighted by Gasteiger charge is 2.34. The predicted octanol–water partition coefficient (Wildman–Crippen LogP) is 4.18. The summed E-state index contributed by atoms with van der Waals surface area (Å²) in [5.41, 5.74) is 1.69. The van der Waals surface area contributed by atoms with Crippen molar-refractivity contribution < 1.29 is 23.4 Å². The van der Waals surface area contributed by atoms with Gasteiger partial charge in [0, 0.05) is 18.7 Å². The highest BCUT2D eigenvalue weighted by Crippen LogP contribution is 2.30. The molecule has 35 heavy (non-hydrogen) atoms. The third-order valence-electron chi connectivity index (χ3n) is 6.63. The number of carbonyl (C=O) groups excluding carboxylic acids is 1. The summed E-state index contributed by atoms with van der Waals surface area (Å²) in [6.45, 7) is 4.46. The Morgan fingerprint density at radius 1 is 1.14 bits per heavy atom. The predicted molar refractivity (Wildman–Crippen MR) is 137 cm³/mol. The van der Waals surface area contributed by atoms with E-state index in [2.05, 4.69) is 4.98 Å².